The predicted octanol–water partition coefficient (Wildman–Crippen LogP) is 4.35. The maximum Gasteiger partial charge on any atom is 0.394 e. The fourth-order valence-electron chi connectivity index (χ4n) is 5.07. The van der Waals surface area contributed by atoms with Crippen LogP contribution in [0.5, 0.6) is 5.75 Å². The van der Waals surface area contributed by atoms with E-state index >= 15 is 0 Å². The summed E-state index contributed by atoms with van der Waals surface area (Å²) in [4.78, 5) is 7.16. The largest absolute Gasteiger partial charge is 0.495 e. The fraction of sp³-hybridized carbons (Fsp3) is 0.464. The number of benzene rings is 1. The van der Waals surface area contributed by atoms with Crippen LogP contribution in [-0.2, 0) is 16.3 Å². The molecular weight excluding hydrogens is 543 g/mol. The predicted molar refractivity (Wildman–Crippen MR) is 148 cm³/mol. The molecule has 2 aromatic heterocycles. The molecule has 3 heterocycles. The molecule has 2 aliphatic rings. The van der Waals surface area contributed by atoms with Crippen molar-refractivity contribution in [1.82, 2.24) is 14.3 Å². The normalized spacial score (nSPS) is 16.9. The van der Waals surface area contributed by atoms with Crippen LogP contribution in [-0.4, -0.2) is 74.0 Å². The van der Waals surface area contributed by atoms with Crippen LogP contribution in [0, 0.1) is 11.8 Å². The zero-order chi connectivity index (χ0) is 28.5. The van der Waals surface area contributed by atoms with Crippen molar-refractivity contribution in [1.29, 1.82) is 0 Å². The molecule has 0 spiro atoms. The minimum atomic E-state index is -4.43. The smallest absolute Gasteiger partial charge is 0.394 e. The van der Waals surface area contributed by atoms with Gasteiger partial charge in [-0.15, -0.1) is 0 Å². The van der Waals surface area contributed by atoms with Crippen LogP contribution < -0.4 is 15.4 Å². The van der Waals surface area contributed by atoms with Crippen molar-refractivity contribution in [2.24, 2.45) is 0 Å². The number of piperidine rings is 1. The monoisotopic (exact) mass is 575 g/mol. The first kappa shape index (κ1) is 28.1. The number of rotatable bonds is 8. The third-order valence-corrected chi connectivity index (χ3v) is 8.35. The van der Waals surface area contributed by atoms with Gasteiger partial charge in [0.2, 0.25) is 0 Å². The Kier molecular flexibility index (Phi) is 7.88. The highest BCUT2D eigenvalue weighted by Crippen LogP contribution is 2.32. The summed E-state index contributed by atoms with van der Waals surface area (Å²) in [7, 11) is -1.99. The Hall–Kier alpha value is -3.43. The van der Waals surface area contributed by atoms with E-state index in [0.717, 1.165) is 38.2 Å². The van der Waals surface area contributed by atoms with Gasteiger partial charge in [-0.05, 0) is 55.9 Å². The average molecular weight is 576 g/mol. The lowest BCUT2D eigenvalue weighted by Gasteiger charge is -2.32. The molecule has 2 N–H and O–H groups in total. The van der Waals surface area contributed by atoms with Gasteiger partial charge in [0.25, 0.3) is 0 Å². The molecule has 1 aromatic carbocycles. The lowest BCUT2D eigenvalue weighted by atomic mass is 10.0. The maximum atomic E-state index is 13.5. The first-order valence-electron chi connectivity index (χ1n) is 13.2. The quantitative estimate of drug-likeness (QED) is 0.386. The molecule has 8 nitrogen and oxygen atoms in total. The summed E-state index contributed by atoms with van der Waals surface area (Å²) in [5, 5.41) is 6.54. The van der Waals surface area contributed by atoms with E-state index in [4.69, 9.17) is 4.74 Å². The minimum Gasteiger partial charge on any atom is -0.495 e. The standard InChI is InChI=1S/C28H32F3N5O3S/c1-39-26-17-21(40(2,37)38)9-10-23(26)32-13-3-5-22-25(18-28(29,30)31)36-14-4-6-24(27(36)34-22)33-19-11-15-35(16-12-19)20-7-8-20/h4,6,9-10,14,17,19-20,32-33H,7-8,11-13,15-16,18H2,1-2H3. The number of aromatic nitrogens is 2. The molecule has 1 saturated carbocycles. The third-order valence-electron chi connectivity index (χ3n) is 7.24. The number of hydrogen-bond donors (Lipinski definition) is 2. The van der Waals surface area contributed by atoms with Gasteiger partial charge in [0, 0.05) is 43.7 Å². The molecule has 0 radical (unpaired) electrons. The molecule has 214 valence electrons. The van der Waals surface area contributed by atoms with Crippen molar-refractivity contribution in [2.45, 2.75) is 55.3 Å². The van der Waals surface area contributed by atoms with E-state index in [1.165, 1.54) is 36.5 Å². The van der Waals surface area contributed by atoms with Crippen molar-refractivity contribution in [3.05, 3.63) is 47.9 Å². The number of nitrogens with one attached hydrogen (secondary N) is 2. The Morgan fingerprint density at radius 1 is 1.12 bits per heavy atom. The Morgan fingerprint density at radius 2 is 1.88 bits per heavy atom. The molecule has 12 heteroatoms. The second kappa shape index (κ2) is 11.2. The van der Waals surface area contributed by atoms with Crippen molar-refractivity contribution in [2.75, 3.05) is 43.6 Å². The van der Waals surface area contributed by atoms with Gasteiger partial charge in [0.05, 0.1) is 42.0 Å². The Morgan fingerprint density at radius 3 is 2.52 bits per heavy atom. The molecule has 3 aromatic rings. The van der Waals surface area contributed by atoms with Gasteiger partial charge in [-0.2, -0.15) is 13.2 Å². The van der Waals surface area contributed by atoms with Crippen LogP contribution in [0.4, 0.5) is 24.5 Å². The van der Waals surface area contributed by atoms with E-state index in [1.54, 1.807) is 18.3 Å². The van der Waals surface area contributed by atoms with Gasteiger partial charge < -0.3 is 24.7 Å². The summed E-state index contributed by atoms with van der Waals surface area (Å²) in [6.45, 7) is 2.12. The summed E-state index contributed by atoms with van der Waals surface area (Å²) in [5.74, 6) is 5.97. The molecule has 1 saturated heterocycles. The number of alkyl halides is 3. The molecule has 0 unspecified atom stereocenters. The van der Waals surface area contributed by atoms with Gasteiger partial charge >= 0.3 is 6.18 Å². The van der Waals surface area contributed by atoms with E-state index in [-0.39, 0.29) is 28.9 Å². The highest BCUT2D eigenvalue weighted by Gasteiger charge is 2.33. The number of sulfone groups is 1. The van der Waals surface area contributed by atoms with Gasteiger partial charge in [0.1, 0.15) is 11.4 Å². The van der Waals surface area contributed by atoms with Crippen LogP contribution in [0.25, 0.3) is 5.65 Å². The number of pyridine rings is 1. The van der Waals surface area contributed by atoms with Crippen LogP contribution in [0.1, 0.15) is 37.1 Å². The molecule has 0 amide bonds. The molecule has 0 atom stereocenters. The molecule has 1 aliphatic heterocycles. The summed E-state index contributed by atoms with van der Waals surface area (Å²) in [6.07, 6.45) is 1.59. The van der Waals surface area contributed by atoms with E-state index in [2.05, 4.69) is 32.4 Å². The number of ether oxygens (including phenoxy) is 1. The number of fused-ring (bicyclic) bond motifs is 1. The van der Waals surface area contributed by atoms with Gasteiger partial charge in [0.15, 0.2) is 15.5 Å². The second-order valence-electron chi connectivity index (χ2n) is 10.3. The lowest BCUT2D eigenvalue weighted by Crippen LogP contribution is -2.40. The van der Waals surface area contributed by atoms with Crippen LogP contribution in [0.2, 0.25) is 0 Å². The van der Waals surface area contributed by atoms with E-state index in [9.17, 15) is 21.6 Å². The summed E-state index contributed by atoms with van der Waals surface area (Å²) < 4.78 is 71.0. The number of likely N-dealkylation sites (tertiary alicyclic amines) is 1. The number of anilines is 2. The van der Waals surface area contributed by atoms with Gasteiger partial charge in [-0.25, -0.2) is 13.4 Å². The second-order valence-corrected chi connectivity index (χ2v) is 12.3. The van der Waals surface area contributed by atoms with Crippen LogP contribution in [0.15, 0.2) is 41.4 Å². The van der Waals surface area contributed by atoms with Crippen LogP contribution >= 0.6 is 0 Å². The summed E-state index contributed by atoms with van der Waals surface area (Å²) in [5.41, 5.74) is 1.67. The van der Waals surface area contributed by atoms with Gasteiger partial charge in [-0.1, -0.05) is 5.92 Å². The number of nitrogens with zero attached hydrogens (tertiary/aromatic N) is 3. The van der Waals surface area contributed by atoms with Crippen LogP contribution in [0.3, 0.4) is 0 Å². The number of hydrogen-bond acceptors (Lipinski definition) is 7. The lowest BCUT2D eigenvalue weighted by molar-refractivity contribution is -0.128. The highest BCUT2D eigenvalue weighted by molar-refractivity contribution is 7.90. The molecular formula is C28H32F3N5O3S. The molecule has 2 fully saturated rings. The van der Waals surface area contributed by atoms with Crippen molar-refractivity contribution >= 4 is 26.9 Å². The molecule has 40 heavy (non-hydrogen) atoms. The van der Waals surface area contributed by atoms with Crippen molar-refractivity contribution in [3.63, 3.8) is 0 Å². The highest BCUT2D eigenvalue weighted by atomic mass is 32.2. The minimum absolute atomic E-state index is 0.0164. The van der Waals surface area contributed by atoms with E-state index in [1.807, 2.05) is 6.07 Å². The maximum absolute atomic E-state index is 13.5. The van der Waals surface area contributed by atoms with Crippen molar-refractivity contribution in [3.8, 4) is 17.6 Å². The molecule has 0 bridgehead atoms. The third kappa shape index (κ3) is 6.64. The first-order valence-corrected chi connectivity index (χ1v) is 15.1. The van der Waals surface area contributed by atoms with E-state index in [0.29, 0.717) is 22.8 Å². The number of halogens is 3. The Labute approximate surface area is 231 Å². The summed E-state index contributed by atoms with van der Waals surface area (Å²) in [6, 6.07) is 8.93. The first-order chi connectivity index (χ1) is 19.0. The fourth-order valence-corrected chi connectivity index (χ4v) is 5.71. The Bertz CT molecular complexity index is 1550. The molecule has 1 aliphatic carbocycles. The zero-order valence-corrected chi connectivity index (χ0v) is 23.2. The summed E-state index contributed by atoms with van der Waals surface area (Å²) >= 11 is 0. The average Bonchev–Trinajstić information content (AvgIpc) is 3.69. The Balaban J connectivity index is 1.36. The number of imidazole rings is 1. The molecule has 5 rings (SSSR count). The SMILES string of the molecule is COc1cc(S(C)(=O)=O)ccc1NCC#Cc1nc2c(NC3CCN(C4CC4)CC3)cccn2c1CC(F)(F)F. The van der Waals surface area contributed by atoms with E-state index < -0.39 is 22.4 Å². The zero-order valence-electron chi connectivity index (χ0n) is 22.4. The topological polar surface area (TPSA) is 88.0 Å². The van der Waals surface area contributed by atoms with Crippen molar-refractivity contribution < 1.29 is 26.3 Å². The number of methoxy groups -OCH3 is 1. The van der Waals surface area contributed by atoms with Gasteiger partial charge in [-0.3, -0.25) is 0 Å².